The Morgan fingerprint density at radius 2 is 1.59 bits per heavy atom. The standard InChI is InChI=1S/C21H14F6N2O3/c1-10-9-29(19(31)32-10)12-6-5-11-7-16(28-18(30)13(11)8-12)17-14(20(22,23)24)3-2-4-15(17)21(25,26)27/h2-8,10H,9H2,1H3,(H,28,30)/t10-/m0/s1. The van der Waals surface area contributed by atoms with E-state index < -0.39 is 46.4 Å². The minimum absolute atomic E-state index is 0.00310. The number of hydrogen-bond donors (Lipinski definition) is 1. The molecular weight excluding hydrogens is 442 g/mol. The summed E-state index contributed by atoms with van der Waals surface area (Å²) >= 11 is 0. The summed E-state index contributed by atoms with van der Waals surface area (Å²) in [7, 11) is 0. The van der Waals surface area contributed by atoms with E-state index in [0.717, 1.165) is 6.07 Å². The molecule has 0 radical (unpaired) electrons. The Bertz CT molecular complexity index is 1250. The summed E-state index contributed by atoms with van der Waals surface area (Å²) in [5.41, 5.74) is -5.40. The number of anilines is 1. The van der Waals surface area contributed by atoms with E-state index in [1.165, 1.54) is 23.1 Å². The van der Waals surface area contributed by atoms with E-state index in [1.54, 1.807) is 6.92 Å². The Kier molecular flexibility index (Phi) is 4.94. The van der Waals surface area contributed by atoms with Crippen LogP contribution in [0.1, 0.15) is 18.1 Å². The molecule has 3 aromatic rings. The van der Waals surface area contributed by atoms with Gasteiger partial charge >= 0.3 is 18.4 Å². The zero-order chi connectivity index (χ0) is 23.4. The molecule has 4 rings (SSSR count). The fraction of sp³-hybridized carbons (Fsp3) is 0.238. The fourth-order valence-corrected chi connectivity index (χ4v) is 3.68. The zero-order valence-electron chi connectivity index (χ0n) is 16.3. The molecule has 0 aliphatic carbocycles. The number of fused-ring (bicyclic) bond motifs is 1. The highest BCUT2D eigenvalue weighted by Crippen LogP contribution is 2.44. The van der Waals surface area contributed by atoms with Crippen LogP contribution in [0.25, 0.3) is 22.0 Å². The number of benzene rings is 2. The average molecular weight is 456 g/mol. The van der Waals surface area contributed by atoms with E-state index in [1.807, 2.05) is 0 Å². The van der Waals surface area contributed by atoms with Gasteiger partial charge in [0.05, 0.1) is 23.4 Å². The van der Waals surface area contributed by atoms with Crippen molar-refractivity contribution in [2.24, 2.45) is 0 Å². The van der Waals surface area contributed by atoms with Crippen LogP contribution in [-0.2, 0) is 17.1 Å². The second-order valence-electron chi connectivity index (χ2n) is 7.31. The van der Waals surface area contributed by atoms with Crippen LogP contribution in [0.15, 0.2) is 47.3 Å². The van der Waals surface area contributed by atoms with Crippen molar-refractivity contribution < 1.29 is 35.9 Å². The van der Waals surface area contributed by atoms with Crippen LogP contribution in [0.4, 0.5) is 36.8 Å². The molecule has 1 fully saturated rings. The van der Waals surface area contributed by atoms with Gasteiger partial charge in [-0.3, -0.25) is 9.69 Å². The smallest absolute Gasteiger partial charge is 0.417 e. The highest BCUT2D eigenvalue weighted by atomic mass is 19.4. The number of H-pyrrole nitrogens is 1. The second-order valence-corrected chi connectivity index (χ2v) is 7.31. The number of carbonyl (C=O) groups is 1. The highest BCUT2D eigenvalue weighted by molar-refractivity contribution is 5.95. The lowest BCUT2D eigenvalue weighted by atomic mass is 9.95. The van der Waals surface area contributed by atoms with Gasteiger partial charge in [-0.25, -0.2) is 4.79 Å². The normalized spacial score (nSPS) is 17.2. The van der Waals surface area contributed by atoms with Crippen LogP contribution >= 0.6 is 0 Å². The second kappa shape index (κ2) is 7.28. The maximum absolute atomic E-state index is 13.5. The van der Waals surface area contributed by atoms with Crippen molar-refractivity contribution in [2.75, 3.05) is 11.4 Å². The van der Waals surface area contributed by atoms with Crippen molar-refractivity contribution in [2.45, 2.75) is 25.4 Å². The number of rotatable bonds is 2. The quantitative estimate of drug-likeness (QED) is 0.513. The van der Waals surface area contributed by atoms with Crippen LogP contribution in [0.5, 0.6) is 0 Å². The molecule has 1 amide bonds. The van der Waals surface area contributed by atoms with Gasteiger partial charge in [-0.15, -0.1) is 0 Å². The minimum Gasteiger partial charge on any atom is -0.444 e. The molecule has 168 valence electrons. The van der Waals surface area contributed by atoms with Crippen molar-refractivity contribution in [3.8, 4) is 11.3 Å². The number of carbonyl (C=O) groups excluding carboxylic acids is 1. The van der Waals surface area contributed by atoms with Crippen molar-refractivity contribution in [1.82, 2.24) is 4.98 Å². The fourth-order valence-electron chi connectivity index (χ4n) is 3.68. The van der Waals surface area contributed by atoms with Gasteiger partial charge in [-0.05, 0) is 42.6 Å². The van der Waals surface area contributed by atoms with Gasteiger partial charge in [-0.2, -0.15) is 26.3 Å². The van der Waals surface area contributed by atoms with Gasteiger partial charge in [0.2, 0.25) is 0 Å². The van der Waals surface area contributed by atoms with Crippen molar-refractivity contribution in [1.29, 1.82) is 0 Å². The van der Waals surface area contributed by atoms with Crippen LogP contribution in [0.2, 0.25) is 0 Å². The molecule has 2 aromatic carbocycles. The molecular formula is C21H14F6N2O3. The molecule has 1 aromatic heterocycles. The Hall–Kier alpha value is -3.50. The number of cyclic esters (lactones) is 1. The molecule has 0 bridgehead atoms. The predicted octanol–water partition coefficient (Wildman–Crippen LogP) is 5.58. The SMILES string of the molecule is C[C@H]1CN(c2ccc3cc(-c4c(C(F)(F)F)cccc4C(F)(F)F)[nH]c(=O)c3c2)C(=O)O1. The van der Waals surface area contributed by atoms with E-state index in [4.69, 9.17) is 4.74 Å². The lowest BCUT2D eigenvalue weighted by Gasteiger charge is -2.19. The minimum atomic E-state index is -5.08. The lowest BCUT2D eigenvalue weighted by molar-refractivity contribution is -0.142. The van der Waals surface area contributed by atoms with Crippen LogP contribution in [0, 0.1) is 0 Å². The first kappa shape index (κ1) is 21.7. The molecule has 1 N–H and O–H groups in total. The third kappa shape index (κ3) is 3.78. The number of aromatic nitrogens is 1. The molecule has 2 heterocycles. The average Bonchev–Trinajstić information content (AvgIpc) is 3.03. The van der Waals surface area contributed by atoms with Crippen molar-refractivity contribution in [3.63, 3.8) is 0 Å². The summed E-state index contributed by atoms with van der Waals surface area (Å²) in [4.78, 5) is 28.0. The largest absolute Gasteiger partial charge is 0.444 e. The first-order valence-corrected chi connectivity index (χ1v) is 9.29. The Morgan fingerprint density at radius 3 is 2.12 bits per heavy atom. The first-order chi connectivity index (χ1) is 14.9. The van der Waals surface area contributed by atoms with E-state index in [9.17, 15) is 35.9 Å². The Balaban J connectivity index is 1.92. The number of alkyl halides is 6. The maximum atomic E-state index is 13.5. The predicted molar refractivity (Wildman–Crippen MR) is 103 cm³/mol. The Morgan fingerprint density at radius 1 is 0.969 bits per heavy atom. The van der Waals surface area contributed by atoms with Crippen LogP contribution in [0.3, 0.4) is 0 Å². The van der Waals surface area contributed by atoms with Gasteiger partial charge in [0.25, 0.3) is 5.56 Å². The number of amides is 1. The third-order valence-electron chi connectivity index (χ3n) is 5.05. The summed E-state index contributed by atoms with van der Waals surface area (Å²) in [6, 6.07) is 6.88. The number of pyridine rings is 1. The summed E-state index contributed by atoms with van der Waals surface area (Å²) in [6.45, 7) is 1.91. The number of halogens is 6. The summed E-state index contributed by atoms with van der Waals surface area (Å²) < 4.78 is 86.0. The van der Waals surface area contributed by atoms with Crippen LogP contribution < -0.4 is 10.5 Å². The van der Waals surface area contributed by atoms with Gasteiger partial charge in [-0.1, -0.05) is 12.1 Å². The molecule has 0 saturated carbocycles. The van der Waals surface area contributed by atoms with E-state index >= 15 is 0 Å². The van der Waals surface area contributed by atoms with E-state index in [0.29, 0.717) is 23.9 Å². The molecule has 0 spiro atoms. The number of hydrogen-bond acceptors (Lipinski definition) is 3. The highest BCUT2D eigenvalue weighted by Gasteiger charge is 2.41. The zero-order valence-corrected chi connectivity index (χ0v) is 16.3. The lowest BCUT2D eigenvalue weighted by Crippen LogP contribution is -2.24. The molecule has 32 heavy (non-hydrogen) atoms. The number of nitrogens with one attached hydrogen (secondary N) is 1. The van der Waals surface area contributed by atoms with E-state index in [2.05, 4.69) is 4.98 Å². The van der Waals surface area contributed by atoms with Gasteiger partial charge in [0, 0.05) is 16.6 Å². The topological polar surface area (TPSA) is 62.4 Å². The third-order valence-corrected chi connectivity index (χ3v) is 5.05. The van der Waals surface area contributed by atoms with Gasteiger partial charge in [0.1, 0.15) is 6.10 Å². The number of aromatic amines is 1. The first-order valence-electron chi connectivity index (χ1n) is 9.29. The van der Waals surface area contributed by atoms with E-state index in [-0.39, 0.29) is 23.4 Å². The van der Waals surface area contributed by atoms with Gasteiger partial charge < -0.3 is 9.72 Å². The van der Waals surface area contributed by atoms with Crippen molar-refractivity contribution in [3.05, 3.63) is 63.9 Å². The van der Waals surface area contributed by atoms with Crippen molar-refractivity contribution >= 4 is 22.6 Å². The molecule has 1 aliphatic heterocycles. The molecule has 1 aliphatic rings. The van der Waals surface area contributed by atoms with Crippen LogP contribution in [-0.4, -0.2) is 23.7 Å². The number of nitrogens with zero attached hydrogens (tertiary/aromatic N) is 1. The molecule has 1 saturated heterocycles. The molecule has 5 nitrogen and oxygen atoms in total. The monoisotopic (exact) mass is 456 g/mol. The Labute approximate surface area is 176 Å². The summed E-state index contributed by atoms with van der Waals surface area (Å²) in [5.74, 6) is 0. The molecule has 11 heteroatoms. The summed E-state index contributed by atoms with van der Waals surface area (Å²) in [5, 5.41) is 0.106. The van der Waals surface area contributed by atoms with Gasteiger partial charge in [0.15, 0.2) is 0 Å². The number of ether oxygens (including phenoxy) is 1. The molecule has 0 unspecified atom stereocenters. The maximum Gasteiger partial charge on any atom is 0.417 e. The molecule has 1 atom stereocenters. The summed E-state index contributed by atoms with van der Waals surface area (Å²) in [6.07, 6.45) is -11.2.